The van der Waals surface area contributed by atoms with Gasteiger partial charge in [0.15, 0.2) is 0 Å². The van der Waals surface area contributed by atoms with Crippen molar-refractivity contribution >= 4 is 5.91 Å². The molecule has 0 atom stereocenters. The quantitative estimate of drug-likeness (QED) is 0.577. The summed E-state index contributed by atoms with van der Waals surface area (Å²) >= 11 is 0. The molecule has 2 fully saturated rings. The van der Waals surface area contributed by atoms with Crippen LogP contribution in [0, 0.1) is 5.92 Å². The number of nitrogens with one attached hydrogen (secondary N) is 2. The molecular weight excluding hydrogens is 216 g/mol. The number of carbonyl (C=O) groups excluding carboxylic acids is 1. The molecule has 0 heterocycles. The Hall–Kier alpha value is -0.610. The molecule has 98 valence electrons. The zero-order chi connectivity index (χ0) is 12.1. The molecular formula is C13H24N2O2. The van der Waals surface area contributed by atoms with Crippen LogP contribution >= 0.6 is 0 Å². The molecule has 0 unspecified atom stereocenters. The molecule has 0 aromatic rings. The van der Waals surface area contributed by atoms with Gasteiger partial charge in [-0.05, 0) is 44.6 Å². The van der Waals surface area contributed by atoms with E-state index >= 15 is 0 Å². The van der Waals surface area contributed by atoms with Crippen LogP contribution in [0.5, 0.6) is 0 Å². The molecule has 4 nitrogen and oxygen atoms in total. The predicted octanol–water partition coefficient (Wildman–Crippen LogP) is 0.797. The van der Waals surface area contributed by atoms with Crippen LogP contribution < -0.4 is 10.6 Å². The second-order valence-electron chi connectivity index (χ2n) is 5.45. The van der Waals surface area contributed by atoms with E-state index in [0.717, 1.165) is 51.1 Å². The fourth-order valence-corrected chi connectivity index (χ4v) is 2.60. The molecule has 2 saturated carbocycles. The fraction of sp³-hybridized carbons (Fsp3) is 0.923. The molecule has 0 aromatic carbocycles. The molecule has 17 heavy (non-hydrogen) atoms. The van der Waals surface area contributed by atoms with Crippen LogP contribution in [0.2, 0.25) is 0 Å². The molecule has 0 saturated heterocycles. The Morgan fingerprint density at radius 2 is 2.00 bits per heavy atom. The van der Waals surface area contributed by atoms with E-state index in [4.69, 9.17) is 5.11 Å². The summed E-state index contributed by atoms with van der Waals surface area (Å²) in [5, 5.41) is 15.3. The predicted molar refractivity (Wildman–Crippen MR) is 66.6 cm³/mol. The van der Waals surface area contributed by atoms with Gasteiger partial charge in [-0.15, -0.1) is 0 Å². The largest absolute Gasteiger partial charge is 0.396 e. The van der Waals surface area contributed by atoms with E-state index in [2.05, 4.69) is 10.6 Å². The monoisotopic (exact) mass is 240 g/mol. The number of amides is 1. The van der Waals surface area contributed by atoms with E-state index in [9.17, 15) is 4.79 Å². The lowest BCUT2D eigenvalue weighted by molar-refractivity contribution is -0.127. The first kappa shape index (κ1) is 12.8. The van der Waals surface area contributed by atoms with Gasteiger partial charge < -0.3 is 15.7 Å². The van der Waals surface area contributed by atoms with Crippen molar-refractivity contribution in [3.05, 3.63) is 0 Å². The maximum atomic E-state index is 12.3. The van der Waals surface area contributed by atoms with Crippen LogP contribution in [0.4, 0.5) is 0 Å². The van der Waals surface area contributed by atoms with Gasteiger partial charge in [-0.25, -0.2) is 0 Å². The third kappa shape index (κ3) is 3.42. The third-order valence-electron chi connectivity index (χ3n) is 3.94. The summed E-state index contributed by atoms with van der Waals surface area (Å²) in [5.41, 5.74) is -0.343. The lowest BCUT2D eigenvalue weighted by atomic mass is 9.96. The zero-order valence-electron chi connectivity index (χ0n) is 10.5. The molecule has 3 N–H and O–H groups in total. The Bertz CT molecular complexity index is 258. The summed E-state index contributed by atoms with van der Waals surface area (Å²) in [6.07, 6.45) is 7.39. The second kappa shape index (κ2) is 5.83. The lowest BCUT2D eigenvalue weighted by Gasteiger charge is -2.29. The first-order valence-corrected chi connectivity index (χ1v) is 6.91. The van der Waals surface area contributed by atoms with Gasteiger partial charge in [0.1, 0.15) is 0 Å². The summed E-state index contributed by atoms with van der Waals surface area (Å²) in [6.45, 7) is 1.77. The number of aliphatic hydroxyl groups is 1. The van der Waals surface area contributed by atoms with E-state index in [1.54, 1.807) is 0 Å². The van der Waals surface area contributed by atoms with Crippen LogP contribution in [0.25, 0.3) is 0 Å². The molecule has 1 amide bonds. The van der Waals surface area contributed by atoms with Crippen molar-refractivity contribution in [2.45, 2.75) is 50.5 Å². The van der Waals surface area contributed by atoms with Crippen LogP contribution in [0.15, 0.2) is 0 Å². The van der Waals surface area contributed by atoms with Gasteiger partial charge in [-0.2, -0.15) is 0 Å². The standard InChI is InChI=1S/C13H24N2O2/c16-9-3-8-15-13(6-1-2-7-13)12(17)14-10-11-4-5-11/h11,15-16H,1-10H2,(H,14,17). The average molecular weight is 240 g/mol. The van der Waals surface area contributed by atoms with Crippen LogP contribution in [-0.2, 0) is 4.79 Å². The summed E-state index contributed by atoms with van der Waals surface area (Å²) < 4.78 is 0. The molecule has 4 heteroatoms. The lowest BCUT2D eigenvalue weighted by Crippen LogP contribution is -2.55. The van der Waals surface area contributed by atoms with Gasteiger partial charge in [-0.3, -0.25) is 4.79 Å². The van der Waals surface area contributed by atoms with Gasteiger partial charge in [0.2, 0.25) is 5.91 Å². The Kier molecular flexibility index (Phi) is 4.40. The van der Waals surface area contributed by atoms with Crippen LogP contribution in [-0.4, -0.2) is 36.2 Å². The minimum atomic E-state index is -0.343. The van der Waals surface area contributed by atoms with E-state index in [1.807, 2.05) is 0 Å². The molecule has 0 radical (unpaired) electrons. The maximum Gasteiger partial charge on any atom is 0.240 e. The SMILES string of the molecule is O=C(NCC1CC1)C1(NCCCO)CCCC1. The smallest absolute Gasteiger partial charge is 0.240 e. The highest BCUT2D eigenvalue weighted by atomic mass is 16.3. The average Bonchev–Trinajstić information content (AvgIpc) is 3.04. The van der Waals surface area contributed by atoms with E-state index in [-0.39, 0.29) is 18.1 Å². The van der Waals surface area contributed by atoms with Gasteiger partial charge >= 0.3 is 0 Å². The molecule has 0 spiro atoms. The highest BCUT2D eigenvalue weighted by molar-refractivity contribution is 5.86. The number of carbonyl (C=O) groups is 1. The molecule has 2 aliphatic rings. The summed E-state index contributed by atoms with van der Waals surface area (Å²) in [7, 11) is 0. The van der Waals surface area contributed by atoms with E-state index in [1.165, 1.54) is 12.8 Å². The van der Waals surface area contributed by atoms with Crippen molar-refractivity contribution in [1.82, 2.24) is 10.6 Å². The Balaban J connectivity index is 1.82. The third-order valence-corrected chi connectivity index (χ3v) is 3.94. The second-order valence-corrected chi connectivity index (χ2v) is 5.45. The molecule has 2 rings (SSSR count). The minimum Gasteiger partial charge on any atom is -0.396 e. The van der Waals surface area contributed by atoms with Gasteiger partial charge in [0, 0.05) is 13.2 Å². The number of rotatable bonds is 7. The molecule has 0 aliphatic heterocycles. The first-order chi connectivity index (χ1) is 8.27. The zero-order valence-corrected chi connectivity index (χ0v) is 10.5. The topological polar surface area (TPSA) is 61.4 Å². The fourth-order valence-electron chi connectivity index (χ4n) is 2.60. The number of hydrogen-bond donors (Lipinski definition) is 3. The highest BCUT2D eigenvalue weighted by Crippen LogP contribution is 2.31. The molecule has 0 aromatic heterocycles. The molecule has 2 aliphatic carbocycles. The van der Waals surface area contributed by atoms with Crippen molar-refractivity contribution in [3.8, 4) is 0 Å². The summed E-state index contributed by atoms with van der Waals surface area (Å²) in [4.78, 5) is 12.3. The van der Waals surface area contributed by atoms with Gasteiger partial charge in [0.05, 0.1) is 5.54 Å². The normalized spacial score (nSPS) is 22.6. The Labute approximate surface area is 103 Å². The van der Waals surface area contributed by atoms with E-state index < -0.39 is 0 Å². The Morgan fingerprint density at radius 1 is 1.29 bits per heavy atom. The number of aliphatic hydroxyl groups excluding tert-OH is 1. The number of hydrogen-bond acceptors (Lipinski definition) is 3. The van der Waals surface area contributed by atoms with E-state index in [0.29, 0.717) is 0 Å². The van der Waals surface area contributed by atoms with Gasteiger partial charge in [0.25, 0.3) is 0 Å². The minimum absolute atomic E-state index is 0.180. The van der Waals surface area contributed by atoms with Gasteiger partial charge in [-0.1, -0.05) is 12.8 Å². The first-order valence-electron chi connectivity index (χ1n) is 6.91. The van der Waals surface area contributed by atoms with Crippen LogP contribution in [0.3, 0.4) is 0 Å². The maximum absolute atomic E-state index is 12.3. The summed E-state index contributed by atoms with van der Waals surface area (Å²) in [5.74, 6) is 0.912. The highest BCUT2D eigenvalue weighted by Gasteiger charge is 2.40. The van der Waals surface area contributed by atoms with Crippen molar-refractivity contribution in [3.63, 3.8) is 0 Å². The van der Waals surface area contributed by atoms with Crippen molar-refractivity contribution in [1.29, 1.82) is 0 Å². The van der Waals surface area contributed by atoms with Crippen molar-refractivity contribution in [2.75, 3.05) is 19.7 Å². The Morgan fingerprint density at radius 3 is 2.59 bits per heavy atom. The van der Waals surface area contributed by atoms with Crippen molar-refractivity contribution in [2.24, 2.45) is 5.92 Å². The molecule has 0 bridgehead atoms. The summed E-state index contributed by atoms with van der Waals surface area (Å²) in [6, 6.07) is 0. The van der Waals surface area contributed by atoms with Crippen LogP contribution in [0.1, 0.15) is 44.9 Å². The van der Waals surface area contributed by atoms with Crippen molar-refractivity contribution < 1.29 is 9.90 Å².